The summed E-state index contributed by atoms with van der Waals surface area (Å²) in [4.78, 5) is 9.16. The summed E-state index contributed by atoms with van der Waals surface area (Å²) in [7, 11) is 0. The molecule has 0 aliphatic heterocycles. The summed E-state index contributed by atoms with van der Waals surface area (Å²) in [6, 6.07) is 7.12. The van der Waals surface area contributed by atoms with Crippen LogP contribution in [0.25, 0.3) is 0 Å². The maximum atomic E-state index is 9.45. The summed E-state index contributed by atoms with van der Waals surface area (Å²) >= 11 is 6.16. The van der Waals surface area contributed by atoms with Crippen LogP contribution in [0.4, 0.5) is 17.5 Å². The van der Waals surface area contributed by atoms with Gasteiger partial charge in [-0.25, -0.2) is 4.98 Å². The lowest BCUT2D eigenvalue weighted by atomic mass is 10.2. The van der Waals surface area contributed by atoms with Gasteiger partial charge in [0.2, 0.25) is 5.95 Å². The lowest BCUT2D eigenvalue weighted by Gasteiger charge is -2.15. The average Bonchev–Trinajstić information content (AvgIpc) is 3.34. The van der Waals surface area contributed by atoms with Crippen molar-refractivity contribution in [1.29, 1.82) is 0 Å². The predicted octanol–water partition coefficient (Wildman–Crippen LogP) is 4.67. The van der Waals surface area contributed by atoms with Crippen LogP contribution in [0.3, 0.4) is 0 Å². The van der Waals surface area contributed by atoms with E-state index in [1.165, 1.54) is 18.9 Å². The number of nitrogens with one attached hydrogen (secondary N) is 2. The van der Waals surface area contributed by atoms with Crippen LogP contribution in [-0.4, -0.2) is 21.1 Å². The van der Waals surface area contributed by atoms with E-state index in [4.69, 9.17) is 11.6 Å². The molecule has 1 aliphatic rings. The van der Waals surface area contributed by atoms with Crippen molar-refractivity contribution in [1.82, 2.24) is 9.97 Å². The van der Waals surface area contributed by atoms with Crippen LogP contribution in [0.5, 0.6) is 5.75 Å². The summed E-state index contributed by atoms with van der Waals surface area (Å²) < 4.78 is 0. The number of rotatable bonds is 6. The van der Waals surface area contributed by atoms with Gasteiger partial charge < -0.3 is 15.7 Å². The Morgan fingerprint density at radius 2 is 2.09 bits per heavy atom. The molecule has 1 fully saturated rings. The molecule has 1 aliphatic carbocycles. The van der Waals surface area contributed by atoms with Crippen molar-refractivity contribution < 1.29 is 5.11 Å². The van der Waals surface area contributed by atoms with Gasteiger partial charge in [-0.1, -0.05) is 18.5 Å². The molecule has 1 aromatic carbocycles. The Hall–Kier alpha value is -2.01. The molecular formula is C17H21ClN4O. The summed E-state index contributed by atoms with van der Waals surface area (Å²) in [6.45, 7) is 4.23. The number of phenolic OH excluding ortho intramolecular Hbond substituents is 1. The molecule has 1 atom stereocenters. The van der Waals surface area contributed by atoms with Gasteiger partial charge >= 0.3 is 0 Å². The number of benzene rings is 1. The highest BCUT2D eigenvalue weighted by atomic mass is 35.5. The fraction of sp³-hybridized carbons (Fsp3) is 0.412. The van der Waals surface area contributed by atoms with Gasteiger partial charge in [0.25, 0.3) is 0 Å². The topological polar surface area (TPSA) is 70.1 Å². The first-order chi connectivity index (χ1) is 11.0. The maximum absolute atomic E-state index is 9.45. The minimum Gasteiger partial charge on any atom is -0.508 e. The van der Waals surface area contributed by atoms with Crippen LogP contribution in [0, 0.1) is 0 Å². The number of hydrogen-bond acceptors (Lipinski definition) is 5. The van der Waals surface area contributed by atoms with Crippen molar-refractivity contribution in [2.24, 2.45) is 0 Å². The van der Waals surface area contributed by atoms with E-state index in [-0.39, 0.29) is 5.75 Å². The third-order valence-electron chi connectivity index (χ3n) is 3.94. The number of halogens is 1. The van der Waals surface area contributed by atoms with E-state index in [1.54, 1.807) is 12.1 Å². The minimum absolute atomic E-state index is 0.140. The van der Waals surface area contributed by atoms with Crippen molar-refractivity contribution in [2.45, 2.75) is 45.1 Å². The smallest absolute Gasteiger partial charge is 0.225 e. The largest absolute Gasteiger partial charge is 0.508 e. The van der Waals surface area contributed by atoms with E-state index >= 15 is 0 Å². The lowest BCUT2D eigenvalue weighted by molar-refractivity contribution is 0.475. The van der Waals surface area contributed by atoms with Gasteiger partial charge in [0.05, 0.1) is 16.4 Å². The Bertz CT molecular complexity index is 703. The fourth-order valence-corrected chi connectivity index (χ4v) is 2.47. The molecule has 23 heavy (non-hydrogen) atoms. The Morgan fingerprint density at radius 1 is 1.30 bits per heavy atom. The molecule has 0 unspecified atom stereocenters. The van der Waals surface area contributed by atoms with Crippen LogP contribution in [0.2, 0.25) is 5.02 Å². The van der Waals surface area contributed by atoms with E-state index < -0.39 is 0 Å². The second-order valence-electron chi connectivity index (χ2n) is 6.02. The fourth-order valence-electron chi connectivity index (χ4n) is 2.25. The van der Waals surface area contributed by atoms with Crippen molar-refractivity contribution >= 4 is 29.1 Å². The van der Waals surface area contributed by atoms with E-state index in [9.17, 15) is 5.11 Å². The maximum Gasteiger partial charge on any atom is 0.225 e. The van der Waals surface area contributed by atoms with Gasteiger partial charge in [-0.15, -0.1) is 0 Å². The van der Waals surface area contributed by atoms with Crippen molar-refractivity contribution in [3.8, 4) is 5.75 Å². The highest BCUT2D eigenvalue weighted by Gasteiger charge is 2.26. The quantitative estimate of drug-likeness (QED) is 0.671. The first kappa shape index (κ1) is 15.9. The predicted molar refractivity (Wildman–Crippen MR) is 93.8 cm³/mol. The number of hydrogen-bond donors (Lipinski definition) is 3. The third-order valence-corrected chi connectivity index (χ3v) is 4.26. The molecular weight excluding hydrogens is 312 g/mol. The first-order valence-corrected chi connectivity index (χ1v) is 8.34. The highest BCUT2D eigenvalue weighted by Crippen LogP contribution is 2.40. The Labute approximate surface area is 141 Å². The number of aromatic hydroxyl groups is 1. The molecule has 0 saturated heterocycles. The van der Waals surface area contributed by atoms with E-state index in [2.05, 4.69) is 34.4 Å². The number of aromatic nitrogens is 2. The molecule has 3 rings (SSSR count). The van der Waals surface area contributed by atoms with Crippen LogP contribution >= 0.6 is 11.6 Å². The van der Waals surface area contributed by atoms with Gasteiger partial charge in [0.15, 0.2) is 0 Å². The molecule has 0 amide bonds. The molecule has 1 heterocycles. The molecule has 6 heteroatoms. The van der Waals surface area contributed by atoms with Crippen molar-refractivity contribution in [3.63, 3.8) is 0 Å². The molecule has 122 valence electrons. The van der Waals surface area contributed by atoms with Crippen LogP contribution in [-0.2, 0) is 0 Å². The molecule has 1 saturated carbocycles. The van der Waals surface area contributed by atoms with Crippen LogP contribution in [0.15, 0.2) is 24.3 Å². The van der Waals surface area contributed by atoms with E-state index in [0.29, 0.717) is 34.4 Å². The Morgan fingerprint density at radius 3 is 2.74 bits per heavy atom. The van der Waals surface area contributed by atoms with Crippen molar-refractivity contribution in [3.05, 3.63) is 35.0 Å². The molecule has 0 bridgehead atoms. The van der Waals surface area contributed by atoms with Gasteiger partial charge in [-0.05, 0) is 38.3 Å². The zero-order chi connectivity index (χ0) is 16.4. The van der Waals surface area contributed by atoms with Gasteiger partial charge in [-0.2, -0.15) is 4.98 Å². The summed E-state index contributed by atoms with van der Waals surface area (Å²) in [5.74, 6) is 2.02. The second kappa shape index (κ2) is 6.62. The van der Waals surface area contributed by atoms with Gasteiger partial charge in [0, 0.05) is 24.1 Å². The highest BCUT2D eigenvalue weighted by molar-refractivity contribution is 6.33. The molecule has 0 spiro atoms. The lowest BCUT2D eigenvalue weighted by Crippen LogP contribution is -2.16. The average molecular weight is 333 g/mol. The second-order valence-corrected chi connectivity index (χ2v) is 6.43. The summed E-state index contributed by atoms with van der Waals surface area (Å²) in [5.41, 5.74) is 1.77. The Balaban J connectivity index is 1.87. The summed E-state index contributed by atoms with van der Waals surface area (Å²) in [5, 5.41) is 16.5. The monoisotopic (exact) mass is 332 g/mol. The zero-order valence-corrected chi connectivity index (χ0v) is 14.1. The van der Waals surface area contributed by atoms with Gasteiger partial charge in [-0.3, -0.25) is 0 Å². The SMILES string of the molecule is CC[C@H](C)Nc1nc(Nc2ccc(O)cc2Cl)cc(C2CC2)n1. The van der Waals surface area contributed by atoms with Crippen LogP contribution < -0.4 is 10.6 Å². The molecule has 1 aromatic heterocycles. The molecule has 0 radical (unpaired) electrons. The number of nitrogens with zero attached hydrogens (tertiary/aromatic N) is 2. The first-order valence-electron chi connectivity index (χ1n) is 7.96. The Kier molecular flexibility index (Phi) is 4.57. The normalized spacial score (nSPS) is 15.3. The standard InChI is InChI=1S/C17H21ClN4O/c1-3-10(2)19-17-21-15(11-4-5-11)9-16(22-17)20-14-7-6-12(23)8-13(14)18/h6-11,23H,3-5H2,1-2H3,(H2,19,20,21,22)/t10-/m0/s1. The number of phenols is 1. The minimum atomic E-state index is 0.140. The zero-order valence-electron chi connectivity index (χ0n) is 13.3. The molecule has 3 N–H and O–H groups in total. The van der Waals surface area contributed by atoms with E-state index in [1.807, 2.05) is 6.07 Å². The van der Waals surface area contributed by atoms with E-state index in [0.717, 1.165) is 12.1 Å². The number of anilines is 3. The molecule has 5 nitrogen and oxygen atoms in total. The van der Waals surface area contributed by atoms with Crippen molar-refractivity contribution in [2.75, 3.05) is 10.6 Å². The van der Waals surface area contributed by atoms with Gasteiger partial charge in [0.1, 0.15) is 11.6 Å². The molecule has 2 aromatic rings. The van der Waals surface area contributed by atoms with Crippen LogP contribution in [0.1, 0.15) is 44.7 Å². The summed E-state index contributed by atoms with van der Waals surface area (Å²) in [6.07, 6.45) is 3.36. The third kappa shape index (κ3) is 4.05.